The SMILES string of the molecule is Cc1ccc(C)c(NC(=O)CCN(c2ccc(N(C)C)cc2)S(C)(=O)=O)c1. The number of rotatable bonds is 7. The number of hydrogen-bond donors (Lipinski definition) is 1. The van der Waals surface area contributed by atoms with E-state index in [4.69, 9.17) is 0 Å². The van der Waals surface area contributed by atoms with E-state index in [0.29, 0.717) is 5.69 Å². The fourth-order valence-corrected chi connectivity index (χ4v) is 3.62. The van der Waals surface area contributed by atoms with Gasteiger partial charge in [0, 0.05) is 38.4 Å². The summed E-state index contributed by atoms with van der Waals surface area (Å²) >= 11 is 0. The van der Waals surface area contributed by atoms with Crippen LogP contribution in [0.5, 0.6) is 0 Å². The van der Waals surface area contributed by atoms with Crippen LogP contribution in [0, 0.1) is 13.8 Å². The minimum Gasteiger partial charge on any atom is -0.378 e. The summed E-state index contributed by atoms with van der Waals surface area (Å²) in [5, 5.41) is 2.87. The highest BCUT2D eigenvalue weighted by molar-refractivity contribution is 7.92. The quantitative estimate of drug-likeness (QED) is 0.790. The Morgan fingerprint density at radius 2 is 1.59 bits per heavy atom. The van der Waals surface area contributed by atoms with Crippen LogP contribution >= 0.6 is 0 Å². The maximum absolute atomic E-state index is 12.3. The van der Waals surface area contributed by atoms with Crippen molar-refractivity contribution in [1.29, 1.82) is 0 Å². The van der Waals surface area contributed by atoms with E-state index in [1.165, 1.54) is 4.31 Å². The molecule has 0 atom stereocenters. The Bertz CT molecular complexity index is 907. The second-order valence-electron chi connectivity index (χ2n) is 6.86. The normalized spacial score (nSPS) is 11.1. The average molecular weight is 390 g/mol. The highest BCUT2D eigenvalue weighted by Gasteiger charge is 2.19. The maximum atomic E-state index is 12.3. The Morgan fingerprint density at radius 3 is 2.15 bits per heavy atom. The van der Waals surface area contributed by atoms with Crippen LogP contribution in [0.4, 0.5) is 17.1 Å². The van der Waals surface area contributed by atoms with Crippen LogP contribution in [0.2, 0.25) is 0 Å². The summed E-state index contributed by atoms with van der Waals surface area (Å²) in [6.45, 7) is 3.96. The monoisotopic (exact) mass is 389 g/mol. The van der Waals surface area contributed by atoms with Gasteiger partial charge in [0.25, 0.3) is 0 Å². The van der Waals surface area contributed by atoms with Crippen molar-refractivity contribution in [2.75, 3.05) is 41.4 Å². The van der Waals surface area contributed by atoms with Crippen molar-refractivity contribution in [2.45, 2.75) is 20.3 Å². The van der Waals surface area contributed by atoms with Crippen molar-refractivity contribution in [3.05, 3.63) is 53.6 Å². The second-order valence-corrected chi connectivity index (χ2v) is 8.77. The number of carbonyl (C=O) groups excluding carboxylic acids is 1. The van der Waals surface area contributed by atoms with Crippen LogP contribution in [-0.2, 0) is 14.8 Å². The van der Waals surface area contributed by atoms with Gasteiger partial charge >= 0.3 is 0 Å². The van der Waals surface area contributed by atoms with E-state index >= 15 is 0 Å². The van der Waals surface area contributed by atoms with Gasteiger partial charge in [0.15, 0.2) is 0 Å². The van der Waals surface area contributed by atoms with Crippen LogP contribution < -0.4 is 14.5 Å². The second kappa shape index (κ2) is 8.43. The molecule has 2 aromatic carbocycles. The molecule has 27 heavy (non-hydrogen) atoms. The van der Waals surface area contributed by atoms with Crippen LogP contribution in [0.25, 0.3) is 0 Å². The summed E-state index contributed by atoms with van der Waals surface area (Å²) in [7, 11) is 0.340. The predicted octanol–water partition coefficient (Wildman–Crippen LogP) is 3.16. The lowest BCUT2D eigenvalue weighted by Gasteiger charge is -2.23. The number of nitrogens with one attached hydrogen (secondary N) is 1. The Kier molecular flexibility index (Phi) is 6.49. The molecule has 0 aliphatic rings. The molecule has 0 aliphatic heterocycles. The van der Waals surface area contributed by atoms with Crippen LogP contribution in [0.3, 0.4) is 0 Å². The Morgan fingerprint density at radius 1 is 1.00 bits per heavy atom. The van der Waals surface area contributed by atoms with Gasteiger partial charge in [0.1, 0.15) is 0 Å². The molecule has 2 aromatic rings. The van der Waals surface area contributed by atoms with Gasteiger partial charge in [-0.15, -0.1) is 0 Å². The van der Waals surface area contributed by atoms with E-state index in [2.05, 4.69) is 5.32 Å². The van der Waals surface area contributed by atoms with Crippen molar-refractivity contribution in [2.24, 2.45) is 0 Å². The molecular weight excluding hydrogens is 362 g/mol. The molecule has 1 amide bonds. The lowest BCUT2D eigenvalue weighted by Crippen LogP contribution is -2.33. The molecule has 7 heteroatoms. The molecule has 0 heterocycles. The highest BCUT2D eigenvalue weighted by atomic mass is 32.2. The number of nitrogens with zero attached hydrogens (tertiary/aromatic N) is 2. The minimum atomic E-state index is -3.49. The molecule has 0 radical (unpaired) electrons. The van der Waals surface area contributed by atoms with Crippen molar-refractivity contribution >= 4 is 33.0 Å². The summed E-state index contributed by atoms with van der Waals surface area (Å²) in [5.41, 5.74) is 4.28. The lowest BCUT2D eigenvalue weighted by molar-refractivity contribution is -0.116. The molecule has 2 rings (SSSR count). The molecule has 0 unspecified atom stereocenters. The Labute approximate surface area is 161 Å². The standard InChI is InChI=1S/C20H27N3O3S/c1-15-6-7-16(2)19(14-15)21-20(24)12-13-23(27(5,25)26)18-10-8-17(9-11-18)22(3)4/h6-11,14H,12-13H2,1-5H3,(H,21,24). The largest absolute Gasteiger partial charge is 0.378 e. The zero-order valence-corrected chi connectivity index (χ0v) is 17.3. The van der Waals surface area contributed by atoms with E-state index in [1.807, 2.05) is 63.2 Å². The maximum Gasteiger partial charge on any atom is 0.232 e. The van der Waals surface area contributed by atoms with Gasteiger partial charge in [-0.3, -0.25) is 9.10 Å². The summed E-state index contributed by atoms with van der Waals surface area (Å²) < 4.78 is 25.7. The highest BCUT2D eigenvalue weighted by Crippen LogP contribution is 2.22. The molecule has 146 valence electrons. The number of amides is 1. The number of sulfonamides is 1. The fraction of sp³-hybridized carbons (Fsp3) is 0.350. The van der Waals surface area contributed by atoms with Gasteiger partial charge in [-0.1, -0.05) is 12.1 Å². The summed E-state index contributed by atoms with van der Waals surface area (Å²) in [6, 6.07) is 13.0. The van der Waals surface area contributed by atoms with Gasteiger partial charge in [0.2, 0.25) is 15.9 Å². The third-order valence-corrected chi connectivity index (χ3v) is 5.46. The first-order chi connectivity index (χ1) is 12.6. The number of benzene rings is 2. The van der Waals surface area contributed by atoms with Gasteiger partial charge in [-0.05, 0) is 55.3 Å². The molecule has 6 nitrogen and oxygen atoms in total. The van der Waals surface area contributed by atoms with Gasteiger partial charge in [-0.2, -0.15) is 0 Å². The van der Waals surface area contributed by atoms with Crippen molar-refractivity contribution in [3.63, 3.8) is 0 Å². The smallest absolute Gasteiger partial charge is 0.232 e. The molecule has 0 spiro atoms. The van der Waals surface area contributed by atoms with Gasteiger partial charge in [-0.25, -0.2) is 8.42 Å². The van der Waals surface area contributed by atoms with Crippen LogP contribution in [0.1, 0.15) is 17.5 Å². The Balaban J connectivity index is 2.10. The average Bonchev–Trinajstić information content (AvgIpc) is 2.57. The van der Waals surface area contributed by atoms with Crippen LogP contribution in [0.15, 0.2) is 42.5 Å². The van der Waals surface area contributed by atoms with E-state index in [9.17, 15) is 13.2 Å². The molecule has 0 aliphatic carbocycles. The van der Waals surface area contributed by atoms with Gasteiger partial charge < -0.3 is 10.2 Å². The molecular formula is C20H27N3O3S. The van der Waals surface area contributed by atoms with Crippen molar-refractivity contribution in [1.82, 2.24) is 0 Å². The first-order valence-corrected chi connectivity index (χ1v) is 10.5. The minimum absolute atomic E-state index is 0.0654. The topological polar surface area (TPSA) is 69.7 Å². The van der Waals surface area contributed by atoms with E-state index in [1.54, 1.807) is 12.1 Å². The van der Waals surface area contributed by atoms with Gasteiger partial charge in [0.05, 0.1) is 11.9 Å². The molecule has 0 fully saturated rings. The first-order valence-electron chi connectivity index (χ1n) is 8.70. The fourth-order valence-electron chi connectivity index (χ4n) is 2.69. The zero-order valence-electron chi connectivity index (χ0n) is 16.5. The van der Waals surface area contributed by atoms with E-state index < -0.39 is 10.0 Å². The summed E-state index contributed by atoms with van der Waals surface area (Å²) in [4.78, 5) is 14.3. The molecule has 0 aromatic heterocycles. The van der Waals surface area contributed by atoms with E-state index in [0.717, 1.165) is 28.8 Å². The van der Waals surface area contributed by atoms with E-state index in [-0.39, 0.29) is 18.9 Å². The number of aryl methyl sites for hydroxylation is 2. The third-order valence-electron chi connectivity index (χ3n) is 4.26. The number of anilines is 3. The molecule has 0 saturated carbocycles. The summed E-state index contributed by atoms with van der Waals surface area (Å²) in [5.74, 6) is -0.220. The number of carbonyl (C=O) groups is 1. The molecule has 0 saturated heterocycles. The Hall–Kier alpha value is -2.54. The summed E-state index contributed by atoms with van der Waals surface area (Å²) in [6.07, 6.45) is 1.21. The van der Waals surface area contributed by atoms with Crippen LogP contribution in [-0.4, -0.2) is 41.2 Å². The third kappa shape index (κ3) is 5.72. The zero-order chi connectivity index (χ0) is 20.2. The molecule has 1 N–H and O–H groups in total. The number of hydrogen-bond acceptors (Lipinski definition) is 4. The molecule has 0 bridgehead atoms. The first kappa shape index (κ1) is 20.8. The lowest BCUT2D eigenvalue weighted by atomic mass is 10.1. The van der Waals surface area contributed by atoms with Crippen molar-refractivity contribution < 1.29 is 13.2 Å². The predicted molar refractivity (Wildman–Crippen MR) is 112 cm³/mol. The van der Waals surface area contributed by atoms with Crippen molar-refractivity contribution in [3.8, 4) is 0 Å².